The number of nitrogens with zero attached hydrogens (tertiary/aromatic N) is 1. The Balaban J connectivity index is 5.52. The van der Waals surface area contributed by atoms with Crippen molar-refractivity contribution in [3.05, 3.63) is 0 Å². The van der Waals surface area contributed by atoms with E-state index in [1.165, 1.54) is 6.92 Å². The number of hydrogen-bond donors (Lipinski definition) is 0. The fourth-order valence-electron chi connectivity index (χ4n) is 1.40. The molecule has 1 amide bonds. The maximum absolute atomic E-state index is 13.0. The summed E-state index contributed by atoms with van der Waals surface area (Å²) in [5, 5.41) is -0.263. The van der Waals surface area contributed by atoms with Crippen molar-refractivity contribution in [2.45, 2.75) is 38.4 Å². The first kappa shape index (κ1) is 18.3. The molecule has 0 saturated heterocycles. The van der Waals surface area contributed by atoms with Crippen molar-refractivity contribution < 1.29 is 31.5 Å². The number of ketones is 1. The molecule has 0 aliphatic heterocycles. The van der Waals surface area contributed by atoms with E-state index in [1.807, 2.05) is 0 Å². The molecule has 0 aliphatic rings. The van der Waals surface area contributed by atoms with Crippen LogP contribution in [0.1, 0.15) is 20.8 Å². The number of amides is 1. The average molecular weight is 354 g/mol. The number of hydrogen-bond acceptors (Lipinski definition) is 2. The van der Waals surface area contributed by atoms with E-state index in [4.69, 9.17) is 0 Å². The van der Waals surface area contributed by atoms with E-state index < -0.39 is 35.9 Å². The third-order valence-electron chi connectivity index (χ3n) is 2.66. The van der Waals surface area contributed by atoms with Gasteiger partial charge in [-0.05, 0) is 20.8 Å². The SMILES string of the molecule is CCN(C(=O)C(F)(F)C(F)(F)F)C(C)(C)C(=O)CBr. The molecule has 0 aromatic carbocycles. The second-order valence-electron chi connectivity index (χ2n) is 4.24. The Morgan fingerprint density at radius 1 is 1.11 bits per heavy atom. The standard InChI is InChI=1S/C10H13BrF5NO2/c1-4-17(8(2,3)6(18)5-11)7(19)9(12,13)10(14,15)16/h4-5H2,1-3H3. The van der Waals surface area contributed by atoms with Crippen LogP contribution >= 0.6 is 15.9 Å². The van der Waals surface area contributed by atoms with E-state index in [9.17, 15) is 31.5 Å². The van der Waals surface area contributed by atoms with Crippen LogP contribution in [0.2, 0.25) is 0 Å². The Labute approximate surface area is 115 Å². The Kier molecular flexibility index (Phi) is 5.50. The molecule has 0 saturated carbocycles. The summed E-state index contributed by atoms with van der Waals surface area (Å²) < 4.78 is 62.5. The molecular formula is C10H13BrF5NO2. The molecule has 0 radical (unpaired) electrons. The van der Waals surface area contributed by atoms with E-state index in [0.29, 0.717) is 0 Å². The summed E-state index contributed by atoms with van der Waals surface area (Å²) in [6.07, 6.45) is -6.00. The molecule has 0 bridgehead atoms. The van der Waals surface area contributed by atoms with Crippen LogP contribution in [-0.4, -0.2) is 46.1 Å². The fourth-order valence-corrected chi connectivity index (χ4v) is 2.08. The summed E-state index contributed by atoms with van der Waals surface area (Å²) >= 11 is 2.79. The van der Waals surface area contributed by atoms with Crippen LogP contribution in [0.15, 0.2) is 0 Å². The zero-order valence-corrected chi connectivity index (χ0v) is 12.0. The van der Waals surface area contributed by atoms with Gasteiger partial charge in [0.05, 0.1) is 10.9 Å². The summed E-state index contributed by atoms with van der Waals surface area (Å²) in [5.74, 6) is -8.63. The van der Waals surface area contributed by atoms with Gasteiger partial charge in [0.25, 0.3) is 0 Å². The number of likely N-dealkylation sites (N-methyl/N-ethyl adjacent to an activating group) is 1. The number of carbonyl (C=O) groups excluding carboxylic acids is 2. The highest BCUT2D eigenvalue weighted by atomic mass is 79.9. The monoisotopic (exact) mass is 353 g/mol. The van der Waals surface area contributed by atoms with Gasteiger partial charge in [0.1, 0.15) is 0 Å². The average Bonchev–Trinajstić information content (AvgIpc) is 2.26. The summed E-state index contributed by atoms with van der Waals surface area (Å²) in [5.41, 5.74) is -1.76. The molecule has 112 valence electrons. The molecule has 9 heteroatoms. The number of halogens is 6. The number of carbonyl (C=O) groups is 2. The number of alkyl halides is 6. The van der Waals surface area contributed by atoms with Gasteiger partial charge in [-0.25, -0.2) is 0 Å². The highest BCUT2D eigenvalue weighted by Crippen LogP contribution is 2.38. The Bertz CT molecular complexity index is 367. The van der Waals surface area contributed by atoms with E-state index >= 15 is 0 Å². The van der Waals surface area contributed by atoms with Gasteiger partial charge in [-0.3, -0.25) is 9.59 Å². The minimum Gasteiger partial charge on any atom is -0.325 e. The first-order chi connectivity index (χ1) is 8.33. The van der Waals surface area contributed by atoms with Crippen molar-refractivity contribution in [3.63, 3.8) is 0 Å². The lowest BCUT2D eigenvalue weighted by Gasteiger charge is -2.38. The zero-order chi connectivity index (χ0) is 15.6. The molecule has 0 unspecified atom stereocenters. The first-order valence-electron chi connectivity index (χ1n) is 5.19. The summed E-state index contributed by atoms with van der Waals surface area (Å²) in [4.78, 5) is 23.2. The van der Waals surface area contributed by atoms with Crippen molar-refractivity contribution >= 4 is 27.6 Å². The van der Waals surface area contributed by atoms with Crippen LogP contribution in [0.5, 0.6) is 0 Å². The van der Waals surface area contributed by atoms with E-state index in [-0.39, 0.29) is 10.2 Å². The van der Waals surface area contributed by atoms with Crippen LogP contribution in [0.4, 0.5) is 22.0 Å². The summed E-state index contributed by atoms with van der Waals surface area (Å²) in [6, 6.07) is 0. The quantitative estimate of drug-likeness (QED) is 0.563. The molecule has 0 fully saturated rings. The van der Waals surface area contributed by atoms with E-state index in [2.05, 4.69) is 15.9 Å². The Morgan fingerprint density at radius 3 is 1.79 bits per heavy atom. The van der Waals surface area contributed by atoms with Gasteiger partial charge in [0, 0.05) is 6.54 Å². The van der Waals surface area contributed by atoms with Crippen LogP contribution in [0.3, 0.4) is 0 Å². The first-order valence-corrected chi connectivity index (χ1v) is 6.32. The van der Waals surface area contributed by atoms with Gasteiger partial charge in [0.2, 0.25) is 0 Å². The molecule has 0 aromatic heterocycles. The lowest BCUT2D eigenvalue weighted by atomic mass is 9.96. The van der Waals surface area contributed by atoms with Gasteiger partial charge >= 0.3 is 18.0 Å². The van der Waals surface area contributed by atoms with Crippen molar-refractivity contribution in [1.29, 1.82) is 0 Å². The van der Waals surface area contributed by atoms with Crippen LogP contribution in [-0.2, 0) is 9.59 Å². The van der Waals surface area contributed by atoms with Crippen molar-refractivity contribution in [2.24, 2.45) is 0 Å². The summed E-state index contributed by atoms with van der Waals surface area (Å²) in [7, 11) is 0. The van der Waals surface area contributed by atoms with Gasteiger partial charge < -0.3 is 4.90 Å². The van der Waals surface area contributed by atoms with Gasteiger partial charge in [0.15, 0.2) is 5.78 Å². The third kappa shape index (κ3) is 3.43. The molecule has 19 heavy (non-hydrogen) atoms. The molecule has 0 aromatic rings. The molecule has 0 rings (SSSR count). The summed E-state index contributed by atoms with van der Waals surface area (Å²) in [6.45, 7) is 3.00. The molecule has 3 nitrogen and oxygen atoms in total. The Hall–Kier alpha value is -0.730. The maximum atomic E-state index is 13.0. The second-order valence-corrected chi connectivity index (χ2v) is 4.80. The van der Waals surface area contributed by atoms with Gasteiger partial charge in [-0.2, -0.15) is 22.0 Å². The third-order valence-corrected chi connectivity index (χ3v) is 3.17. The smallest absolute Gasteiger partial charge is 0.325 e. The maximum Gasteiger partial charge on any atom is 0.463 e. The van der Waals surface area contributed by atoms with Crippen LogP contribution in [0.25, 0.3) is 0 Å². The van der Waals surface area contributed by atoms with E-state index in [1.54, 1.807) is 0 Å². The molecule has 0 spiro atoms. The molecule has 0 heterocycles. The predicted octanol–water partition coefficient (Wildman–Crippen LogP) is 2.78. The van der Waals surface area contributed by atoms with E-state index in [0.717, 1.165) is 13.8 Å². The van der Waals surface area contributed by atoms with Crippen LogP contribution < -0.4 is 0 Å². The lowest BCUT2D eigenvalue weighted by molar-refractivity contribution is -0.275. The Morgan fingerprint density at radius 2 is 1.53 bits per heavy atom. The van der Waals surface area contributed by atoms with Crippen molar-refractivity contribution in [1.82, 2.24) is 4.90 Å². The second kappa shape index (κ2) is 5.72. The zero-order valence-electron chi connectivity index (χ0n) is 10.4. The highest BCUT2D eigenvalue weighted by Gasteiger charge is 2.65. The largest absolute Gasteiger partial charge is 0.463 e. The molecule has 0 atom stereocenters. The lowest BCUT2D eigenvalue weighted by Crippen LogP contribution is -2.61. The van der Waals surface area contributed by atoms with Gasteiger partial charge in [-0.15, -0.1) is 0 Å². The van der Waals surface area contributed by atoms with Crippen molar-refractivity contribution in [2.75, 3.05) is 11.9 Å². The van der Waals surface area contributed by atoms with Crippen LogP contribution in [0, 0.1) is 0 Å². The minimum atomic E-state index is -6.00. The fraction of sp³-hybridized carbons (Fsp3) is 0.800. The molecule has 0 N–H and O–H groups in total. The highest BCUT2D eigenvalue weighted by molar-refractivity contribution is 9.09. The normalized spacial score (nSPS) is 13.3. The number of Topliss-reactive ketones (excluding diaryl/α,β-unsaturated/α-hetero) is 1. The molecular weight excluding hydrogens is 341 g/mol. The topological polar surface area (TPSA) is 37.4 Å². The minimum absolute atomic E-state index is 0.226. The van der Waals surface area contributed by atoms with Crippen molar-refractivity contribution in [3.8, 4) is 0 Å². The number of rotatable bonds is 5. The van der Waals surface area contributed by atoms with Gasteiger partial charge in [-0.1, -0.05) is 15.9 Å². The molecule has 0 aliphatic carbocycles. The predicted molar refractivity (Wildman–Crippen MR) is 61.3 cm³/mol.